The van der Waals surface area contributed by atoms with Gasteiger partial charge in [0.1, 0.15) is 9.96 Å². The van der Waals surface area contributed by atoms with Gasteiger partial charge >= 0.3 is 0 Å². The lowest BCUT2D eigenvalue weighted by Gasteiger charge is -2.23. The summed E-state index contributed by atoms with van der Waals surface area (Å²) < 4.78 is 37.6. The Bertz CT molecular complexity index is 1090. The number of amides is 1. The van der Waals surface area contributed by atoms with Gasteiger partial charge in [-0.3, -0.25) is 9.10 Å². The van der Waals surface area contributed by atoms with Gasteiger partial charge in [0, 0.05) is 27.2 Å². The fourth-order valence-electron chi connectivity index (χ4n) is 2.97. The number of sulfonamides is 1. The third kappa shape index (κ3) is 6.09. The zero-order valence-electron chi connectivity index (χ0n) is 18.0. The zero-order chi connectivity index (χ0) is 23.0. The Morgan fingerprint density at radius 1 is 1.00 bits per heavy atom. The lowest BCUT2D eigenvalue weighted by Crippen LogP contribution is -2.36. The predicted octanol–water partition coefficient (Wildman–Crippen LogP) is 3.63. The summed E-state index contributed by atoms with van der Waals surface area (Å²) >= 11 is 1.17. The van der Waals surface area contributed by atoms with Crippen LogP contribution in [0, 0.1) is 0 Å². The highest BCUT2D eigenvalue weighted by Gasteiger charge is 2.22. The Kier molecular flexibility index (Phi) is 8.26. The summed E-state index contributed by atoms with van der Waals surface area (Å²) in [4.78, 5) is 14.4. The van der Waals surface area contributed by atoms with Crippen molar-refractivity contribution in [3.8, 4) is 5.75 Å². The number of ether oxygens (including phenoxy) is 2. The molecule has 0 fully saturated rings. The van der Waals surface area contributed by atoms with E-state index in [1.54, 1.807) is 53.8 Å². The highest BCUT2D eigenvalue weighted by molar-refractivity contribution is 7.94. The van der Waals surface area contributed by atoms with Crippen molar-refractivity contribution in [3.05, 3.63) is 77.7 Å². The molecule has 0 aliphatic carbocycles. The van der Waals surface area contributed by atoms with Crippen LogP contribution in [-0.2, 0) is 26.1 Å². The second-order valence-corrected chi connectivity index (χ2v) is 10.1. The van der Waals surface area contributed by atoms with Crippen molar-refractivity contribution >= 4 is 33.0 Å². The number of hydrogen-bond donors (Lipinski definition) is 0. The van der Waals surface area contributed by atoms with Crippen molar-refractivity contribution in [3.63, 3.8) is 0 Å². The van der Waals surface area contributed by atoms with Crippen LogP contribution >= 0.6 is 11.3 Å². The molecule has 0 saturated carbocycles. The van der Waals surface area contributed by atoms with Gasteiger partial charge in [0.05, 0.1) is 12.3 Å². The van der Waals surface area contributed by atoms with Crippen LogP contribution in [0.5, 0.6) is 5.75 Å². The molecule has 0 radical (unpaired) electrons. The van der Waals surface area contributed by atoms with Gasteiger partial charge in [-0.25, -0.2) is 8.42 Å². The van der Waals surface area contributed by atoms with Crippen LogP contribution < -0.4 is 9.04 Å². The molecule has 1 heterocycles. The Morgan fingerprint density at radius 2 is 1.72 bits per heavy atom. The van der Waals surface area contributed by atoms with Crippen molar-refractivity contribution in [1.82, 2.24) is 4.90 Å². The summed E-state index contributed by atoms with van der Waals surface area (Å²) in [5.74, 6) is 0.322. The summed E-state index contributed by atoms with van der Waals surface area (Å²) in [5, 5.41) is 1.72. The Hall–Kier alpha value is -2.88. The quantitative estimate of drug-likeness (QED) is 0.424. The van der Waals surface area contributed by atoms with E-state index in [-0.39, 0.29) is 16.7 Å². The van der Waals surface area contributed by atoms with Crippen LogP contribution in [0.25, 0.3) is 0 Å². The van der Waals surface area contributed by atoms with Gasteiger partial charge in [-0.05, 0) is 41.3 Å². The standard InChI is InChI=1S/C23H26N2O5S2/c1-24(32(27,28)23-9-6-16-31-23)20-10-12-21(13-11-20)30-18-22(26)25(14-15-29-2)17-19-7-4-3-5-8-19/h3-13,16H,14-15,17-18H2,1-2H3. The van der Waals surface area contributed by atoms with Crippen molar-refractivity contribution in [2.24, 2.45) is 0 Å². The normalized spacial score (nSPS) is 11.2. The summed E-state index contributed by atoms with van der Waals surface area (Å²) in [6.45, 7) is 1.23. The third-order valence-electron chi connectivity index (χ3n) is 4.81. The van der Waals surface area contributed by atoms with Gasteiger partial charge in [0.25, 0.3) is 15.9 Å². The molecule has 170 valence electrons. The van der Waals surface area contributed by atoms with Crippen LogP contribution in [0.3, 0.4) is 0 Å². The summed E-state index contributed by atoms with van der Waals surface area (Å²) in [5.41, 5.74) is 1.53. The van der Waals surface area contributed by atoms with Crippen LogP contribution in [0.4, 0.5) is 5.69 Å². The lowest BCUT2D eigenvalue weighted by atomic mass is 10.2. The number of hydrogen-bond acceptors (Lipinski definition) is 6. The summed E-state index contributed by atoms with van der Waals surface area (Å²) in [6.07, 6.45) is 0. The van der Waals surface area contributed by atoms with Gasteiger partial charge in [0.2, 0.25) is 0 Å². The molecule has 3 aromatic rings. The molecule has 0 N–H and O–H groups in total. The van der Waals surface area contributed by atoms with Gasteiger partial charge < -0.3 is 14.4 Å². The highest BCUT2D eigenvalue weighted by Crippen LogP contribution is 2.26. The smallest absolute Gasteiger partial charge is 0.273 e. The molecule has 2 aromatic carbocycles. The average molecular weight is 475 g/mol. The molecule has 0 spiro atoms. The number of nitrogens with zero attached hydrogens (tertiary/aromatic N) is 2. The first-order valence-corrected chi connectivity index (χ1v) is 12.3. The summed E-state index contributed by atoms with van der Waals surface area (Å²) in [6, 6.07) is 19.6. The van der Waals surface area contributed by atoms with Gasteiger partial charge in [-0.2, -0.15) is 0 Å². The maximum absolute atomic E-state index is 12.7. The second kappa shape index (κ2) is 11.1. The molecule has 0 saturated heterocycles. The Labute approximate surface area is 192 Å². The molecule has 9 heteroatoms. The van der Waals surface area contributed by atoms with Crippen LogP contribution in [0.1, 0.15) is 5.56 Å². The number of benzene rings is 2. The van der Waals surface area contributed by atoms with Crippen molar-refractivity contribution in [2.75, 3.05) is 38.2 Å². The number of thiophene rings is 1. The number of rotatable bonds is 11. The fourth-order valence-corrected chi connectivity index (χ4v) is 5.33. The molecule has 7 nitrogen and oxygen atoms in total. The number of anilines is 1. The van der Waals surface area contributed by atoms with Gasteiger partial charge in [0.15, 0.2) is 6.61 Å². The molecule has 0 atom stereocenters. The number of carbonyl (C=O) groups excluding carboxylic acids is 1. The molecule has 3 rings (SSSR count). The maximum Gasteiger partial charge on any atom is 0.273 e. The van der Waals surface area contributed by atoms with Crippen molar-refractivity contribution in [1.29, 1.82) is 0 Å². The number of methoxy groups -OCH3 is 1. The van der Waals surface area contributed by atoms with Gasteiger partial charge in [-0.1, -0.05) is 36.4 Å². The zero-order valence-corrected chi connectivity index (χ0v) is 19.6. The predicted molar refractivity (Wildman–Crippen MR) is 126 cm³/mol. The molecule has 0 aliphatic rings. The first-order valence-electron chi connectivity index (χ1n) is 9.98. The topological polar surface area (TPSA) is 76.2 Å². The first-order chi connectivity index (χ1) is 15.4. The molecule has 0 bridgehead atoms. The van der Waals surface area contributed by atoms with Crippen molar-refractivity contribution < 1.29 is 22.7 Å². The maximum atomic E-state index is 12.7. The Morgan fingerprint density at radius 3 is 2.34 bits per heavy atom. The summed E-state index contributed by atoms with van der Waals surface area (Å²) in [7, 11) is -0.497. The molecular weight excluding hydrogens is 448 g/mol. The third-order valence-corrected chi connectivity index (χ3v) is 7.97. The minimum Gasteiger partial charge on any atom is -0.484 e. The second-order valence-electron chi connectivity index (χ2n) is 6.98. The van der Waals surface area contributed by atoms with E-state index in [2.05, 4.69) is 0 Å². The SMILES string of the molecule is COCCN(Cc1ccccc1)C(=O)COc1ccc(N(C)S(=O)(=O)c2cccs2)cc1. The first kappa shape index (κ1) is 23.8. The van der Waals surface area contributed by atoms with Crippen LogP contribution in [0.15, 0.2) is 76.3 Å². The minimum atomic E-state index is -3.60. The van der Waals surface area contributed by atoms with E-state index in [4.69, 9.17) is 9.47 Å². The van der Waals surface area contributed by atoms with Crippen LogP contribution in [0.2, 0.25) is 0 Å². The molecular formula is C23H26N2O5S2. The van der Waals surface area contributed by atoms with E-state index in [1.165, 1.54) is 22.7 Å². The van der Waals surface area contributed by atoms with Crippen LogP contribution in [-0.4, -0.2) is 53.1 Å². The van der Waals surface area contributed by atoms with E-state index in [0.717, 1.165) is 5.56 Å². The average Bonchev–Trinajstić information content (AvgIpc) is 3.37. The van der Waals surface area contributed by atoms with Crippen molar-refractivity contribution in [2.45, 2.75) is 10.8 Å². The molecule has 32 heavy (non-hydrogen) atoms. The molecule has 1 amide bonds. The van der Waals surface area contributed by atoms with E-state index in [1.807, 2.05) is 30.3 Å². The monoisotopic (exact) mass is 474 g/mol. The fraction of sp³-hybridized carbons (Fsp3) is 0.261. The number of carbonyl (C=O) groups is 1. The highest BCUT2D eigenvalue weighted by atomic mass is 32.2. The molecule has 1 aromatic heterocycles. The lowest BCUT2D eigenvalue weighted by molar-refractivity contribution is -0.134. The van der Waals surface area contributed by atoms with E-state index in [9.17, 15) is 13.2 Å². The molecule has 0 aliphatic heterocycles. The van der Waals surface area contributed by atoms with Gasteiger partial charge in [-0.15, -0.1) is 11.3 Å². The van der Waals surface area contributed by atoms with E-state index >= 15 is 0 Å². The molecule has 0 unspecified atom stereocenters. The van der Waals surface area contributed by atoms with E-state index < -0.39 is 10.0 Å². The Balaban J connectivity index is 1.61. The van der Waals surface area contributed by atoms with E-state index in [0.29, 0.717) is 31.1 Å². The largest absolute Gasteiger partial charge is 0.484 e. The minimum absolute atomic E-state index is 0.126.